The molecule has 0 saturated heterocycles. The van der Waals surface area contributed by atoms with E-state index in [4.69, 9.17) is 25.2 Å². The Morgan fingerprint density at radius 2 is 1.79 bits per heavy atom. The maximum absolute atomic E-state index is 13.5. The van der Waals surface area contributed by atoms with Gasteiger partial charge in [-0.25, -0.2) is 9.97 Å². The first-order chi connectivity index (χ1) is 20.4. The summed E-state index contributed by atoms with van der Waals surface area (Å²) >= 11 is 0. The molecule has 15 heteroatoms. The van der Waals surface area contributed by atoms with Gasteiger partial charge in [0.2, 0.25) is 0 Å². The Balaban J connectivity index is 0.000000934. The van der Waals surface area contributed by atoms with Crippen LogP contribution in [-0.4, -0.2) is 69.8 Å². The molecular weight excluding hydrogens is 578 g/mol. The van der Waals surface area contributed by atoms with Crippen LogP contribution >= 0.6 is 0 Å². The number of aryl methyl sites for hydroxylation is 1. The predicted octanol–water partition coefficient (Wildman–Crippen LogP) is 2.78. The lowest BCUT2D eigenvalue weighted by atomic mass is 10.1. The number of ether oxygens (including phenoxy) is 1. The number of aromatic nitrogens is 3. The number of hydrogen-bond donors (Lipinski definition) is 4. The van der Waals surface area contributed by atoms with Crippen LogP contribution in [0.4, 0.5) is 11.5 Å². The summed E-state index contributed by atoms with van der Waals surface area (Å²) in [6, 6.07) is 17.8. The molecule has 0 aliphatic carbocycles. The zero-order valence-corrected chi connectivity index (χ0v) is 24.7. The Bertz CT molecular complexity index is 1680. The van der Waals surface area contributed by atoms with Gasteiger partial charge in [-0.05, 0) is 61.5 Å². The van der Waals surface area contributed by atoms with Crippen LogP contribution in [0.1, 0.15) is 35.1 Å². The largest absolute Gasteiger partial charge is 0.466 e. The first kappa shape index (κ1) is 32.5. The second kappa shape index (κ2) is 14.7. The number of carbonyl (C=O) groups is 2. The first-order valence-electron chi connectivity index (χ1n) is 13.0. The lowest BCUT2D eigenvalue weighted by Gasteiger charge is -2.21. The van der Waals surface area contributed by atoms with E-state index in [-0.39, 0.29) is 37.3 Å². The van der Waals surface area contributed by atoms with Crippen molar-refractivity contribution in [2.75, 3.05) is 29.6 Å². The van der Waals surface area contributed by atoms with E-state index in [1.807, 2.05) is 29.8 Å². The molecule has 0 aliphatic heterocycles. The van der Waals surface area contributed by atoms with E-state index in [2.05, 4.69) is 15.5 Å². The molecule has 0 bridgehead atoms. The third-order valence-corrected chi connectivity index (χ3v) is 5.98. The van der Waals surface area contributed by atoms with E-state index in [0.29, 0.717) is 35.3 Å². The summed E-state index contributed by atoms with van der Waals surface area (Å²) in [6.07, 6.45) is 2.37. The first-order valence-corrected chi connectivity index (χ1v) is 14.8. The molecule has 228 valence electrons. The number of oxime groups is 1. The fraction of sp³-hybridized carbons (Fsp3) is 0.250. The lowest BCUT2D eigenvalue weighted by molar-refractivity contribution is -0.142. The van der Waals surface area contributed by atoms with Crippen molar-refractivity contribution in [3.63, 3.8) is 0 Å². The fourth-order valence-corrected chi connectivity index (χ4v) is 3.96. The lowest BCUT2D eigenvalue weighted by Crippen LogP contribution is -2.34. The van der Waals surface area contributed by atoms with E-state index < -0.39 is 10.1 Å². The fourth-order valence-electron chi connectivity index (χ4n) is 3.96. The Kier molecular flexibility index (Phi) is 11.1. The number of rotatable bonds is 10. The molecule has 0 aliphatic rings. The normalized spacial score (nSPS) is 11.4. The molecule has 4 rings (SSSR count). The molecule has 1 amide bonds. The maximum Gasteiger partial charge on any atom is 0.307 e. The maximum atomic E-state index is 13.5. The zero-order chi connectivity index (χ0) is 31.6. The summed E-state index contributed by atoms with van der Waals surface area (Å²) in [7, 11) is -1.76. The van der Waals surface area contributed by atoms with Gasteiger partial charge in [0.05, 0.1) is 36.9 Å². The minimum absolute atomic E-state index is 0.0414. The summed E-state index contributed by atoms with van der Waals surface area (Å²) in [4.78, 5) is 36.0. The van der Waals surface area contributed by atoms with E-state index in [9.17, 15) is 18.0 Å². The molecule has 2 aromatic heterocycles. The number of hydrogen-bond acceptors (Lipinski definition) is 10. The van der Waals surface area contributed by atoms with Crippen molar-refractivity contribution < 1.29 is 32.5 Å². The van der Waals surface area contributed by atoms with Crippen molar-refractivity contribution in [3.8, 4) is 0 Å². The van der Waals surface area contributed by atoms with Crippen LogP contribution in [0, 0.1) is 0 Å². The second-order valence-corrected chi connectivity index (χ2v) is 10.6. The topological polar surface area (TPSA) is 202 Å². The average molecular weight is 612 g/mol. The quantitative estimate of drug-likeness (QED) is 0.0513. The number of carbonyl (C=O) groups excluding carboxylic acids is 2. The number of nitrogens with two attached hydrogens (primary N) is 1. The van der Waals surface area contributed by atoms with Gasteiger partial charge < -0.3 is 25.6 Å². The summed E-state index contributed by atoms with van der Waals surface area (Å²) in [5.41, 5.74) is 9.04. The number of anilines is 2. The molecule has 43 heavy (non-hydrogen) atoms. The third kappa shape index (κ3) is 9.51. The molecule has 0 unspecified atom stereocenters. The number of fused-ring (bicyclic) bond motifs is 1. The molecule has 0 radical (unpaired) electrons. The van der Waals surface area contributed by atoms with Gasteiger partial charge in [-0.15, -0.1) is 0 Å². The van der Waals surface area contributed by atoms with Crippen molar-refractivity contribution in [2.24, 2.45) is 17.9 Å². The molecule has 2 aromatic carbocycles. The van der Waals surface area contributed by atoms with E-state index in [0.717, 1.165) is 17.0 Å². The highest BCUT2D eigenvalue weighted by Gasteiger charge is 2.21. The number of benzene rings is 2. The highest BCUT2D eigenvalue weighted by molar-refractivity contribution is 7.85. The molecule has 4 aromatic rings. The van der Waals surface area contributed by atoms with Gasteiger partial charge in [-0.1, -0.05) is 11.2 Å². The Morgan fingerprint density at radius 3 is 2.40 bits per heavy atom. The molecule has 0 spiro atoms. The molecule has 0 fully saturated rings. The van der Waals surface area contributed by atoms with Gasteiger partial charge >= 0.3 is 5.97 Å². The standard InChI is InChI=1S/C27H29N7O4.CH4O3S/c1-3-38-25(35)13-15-34(23-6-4-5-14-29-23)27(36)19-9-12-22-21(16-19)31-24(33(22)2)17-30-20-10-7-18(8-11-20)26(28)32-37;1-5(2,3)4/h4-12,14,16,30,37H,3,13,15,17H2,1-2H3,(H2,28,32);1H3,(H,2,3,4). The molecular formula is C28H33N7O7S. The smallest absolute Gasteiger partial charge is 0.307 e. The van der Waals surface area contributed by atoms with Crippen LogP contribution in [0.15, 0.2) is 72.0 Å². The minimum atomic E-state index is -3.67. The molecule has 0 saturated carbocycles. The minimum Gasteiger partial charge on any atom is -0.466 e. The van der Waals surface area contributed by atoms with Crippen LogP contribution in [-0.2, 0) is 33.2 Å². The molecule has 2 heterocycles. The van der Waals surface area contributed by atoms with Crippen LogP contribution in [0.2, 0.25) is 0 Å². The van der Waals surface area contributed by atoms with Crippen LogP contribution in [0.3, 0.4) is 0 Å². The van der Waals surface area contributed by atoms with Crippen molar-refractivity contribution in [1.82, 2.24) is 14.5 Å². The van der Waals surface area contributed by atoms with Gasteiger partial charge in [0.25, 0.3) is 16.0 Å². The highest BCUT2D eigenvalue weighted by Crippen LogP contribution is 2.21. The molecule has 5 N–H and O–H groups in total. The average Bonchev–Trinajstić information content (AvgIpc) is 3.30. The molecule has 0 atom stereocenters. The van der Waals surface area contributed by atoms with Crippen molar-refractivity contribution in [1.29, 1.82) is 0 Å². The van der Waals surface area contributed by atoms with Gasteiger partial charge in [0.1, 0.15) is 11.6 Å². The number of imidazole rings is 1. The van der Waals surface area contributed by atoms with Gasteiger partial charge in [-0.2, -0.15) is 8.42 Å². The number of nitrogens with zero attached hydrogens (tertiary/aromatic N) is 5. The van der Waals surface area contributed by atoms with E-state index >= 15 is 0 Å². The number of nitrogens with one attached hydrogen (secondary N) is 1. The SMILES string of the molecule is CCOC(=O)CCN(C(=O)c1ccc2c(c1)nc(CNc1ccc(/C(N)=N\O)cc1)n2C)c1ccccn1.CS(=O)(=O)O. The Morgan fingerprint density at radius 1 is 1.12 bits per heavy atom. The summed E-state index contributed by atoms with van der Waals surface area (Å²) in [5.74, 6) is 0.601. The molecule has 14 nitrogen and oxygen atoms in total. The van der Waals surface area contributed by atoms with Gasteiger partial charge in [0.15, 0.2) is 5.84 Å². The summed E-state index contributed by atoms with van der Waals surface area (Å²) < 4.78 is 32.9. The van der Waals surface area contributed by atoms with Crippen molar-refractivity contribution in [2.45, 2.75) is 19.9 Å². The Hall–Kier alpha value is -5.02. The van der Waals surface area contributed by atoms with Gasteiger partial charge in [-0.3, -0.25) is 19.0 Å². The van der Waals surface area contributed by atoms with Crippen LogP contribution < -0.4 is 16.0 Å². The summed E-state index contributed by atoms with van der Waals surface area (Å²) in [6.45, 7) is 2.60. The predicted molar refractivity (Wildman–Crippen MR) is 162 cm³/mol. The highest BCUT2D eigenvalue weighted by atomic mass is 32.2. The van der Waals surface area contributed by atoms with Gasteiger partial charge in [0, 0.05) is 36.6 Å². The summed E-state index contributed by atoms with van der Waals surface area (Å²) in [5, 5.41) is 15.1. The van der Waals surface area contributed by atoms with Crippen molar-refractivity contribution in [3.05, 3.63) is 83.8 Å². The zero-order valence-electron chi connectivity index (χ0n) is 23.8. The second-order valence-electron chi connectivity index (χ2n) is 9.14. The number of amidine groups is 1. The van der Waals surface area contributed by atoms with E-state index in [1.54, 1.807) is 55.6 Å². The Labute approximate surface area is 248 Å². The number of esters is 1. The van der Waals surface area contributed by atoms with E-state index in [1.165, 1.54) is 4.90 Å². The third-order valence-electron chi connectivity index (χ3n) is 5.98. The van der Waals surface area contributed by atoms with Crippen molar-refractivity contribution >= 4 is 50.4 Å². The van der Waals surface area contributed by atoms with Crippen LogP contribution in [0.25, 0.3) is 11.0 Å². The number of pyridine rings is 1. The van der Waals surface area contributed by atoms with Crippen LogP contribution in [0.5, 0.6) is 0 Å². The monoisotopic (exact) mass is 611 g/mol. The number of amides is 1.